The third-order valence-corrected chi connectivity index (χ3v) is 4.04. The molecule has 0 bridgehead atoms. The standard InChI is InChI=1S/C20H23NO2/c1-15-6-8-16(9-7-15)10-12-21-13-11-18-14-17-4-3-5-19(22-2)20(17)23-18/h3-9,14,21H,10-13H2,1-2H3. The molecular weight excluding hydrogens is 286 g/mol. The zero-order valence-electron chi connectivity index (χ0n) is 13.8. The molecule has 1 aromatic heterocycles. The van der Waals surface area contributed by atoms with Gasteiger partial charge >= 0.3 is 0 Å². The number of hydrogen-bond acceptors (Lipinski definition) is 3. The summed E-state index contributed by atoms with van der Waals surface area (Å²) in [6.07, 6.45) is 1.93. The number of hydrogen-bond donors (Lipinski definition) is 1. The van der Waals surface area contributed by atoms with E-state index in [1.165, 1.54) is 11.1 Å². The minimum absolute atomic E-state index is 0.793. The normalized spacial score (nSPS) is 11.0. The lowest BCUT2D eigenvalue weighted by molar-refractivity contribution is 0.407. The molecule has 0 amide bonds. The lowest BCUT2D eigenvalue weighted by Gasteiger charge is -2.04. The first kappa shape index (κ1) is 15.6. The highest BCUT2D eigenvalue weighted by Gasteiger charge is 2.08. The van der Waals surface area contributed by atoms with Crippen molar-refractivity contribution in [2.75, 3.05) is 20.2 Å². The van der Waals surface area contributed by atoms with Crippen molar-refractivity contribution in [3.8, 4) is 5.75 Å². The van der Waals surface area contributed by atoms with Gasteiger partial charge in [0.1, 0.15) is 5.76 Å². The fourth-order valence-electron chi connectivity index (χ4n) is 2.70. The van der Waals surface area contributed by atoms with Gasteiger partial charge in [-0.15, -0.1) is 0 Å². The van der Waals surface area contributed by atoms with E-state index in [9.17, 15) is 0 Å². The molecule has 0 aliphatic rings. The number of nitrogens with one attached hydrogen (secondary N) is 1. The van der Waals surface area contributed by atoms with E-state index < -0.39 is 0 Å². The van der Waals surface area contributed by atoms with Gasteiger partial charge in [-0.1, -0.05) is 42.0 Å². The number of fused-ring (bicyclic) bond motifs is 1. The smallest absolute Gasteiger partial charge is 0.176 e. The maximum Gasteiger partial charge on any atom is 0.176 e. The van der Waals surface area contributed by atoms with Crippen LogP contribution in [-0.2, 0) is 12.8 Å². The number of rotatable bonds is 7. The molecule has 0 aliphatic carbocycles. The third kappa shape index (κ3) is 3.93. The summed E-state index contributed by atoms with van der Waals surface area (Å²) in [6, 6.07) is 16.8. The van der Waals surface area contributed by atoms with Gasteiger partial charge in [0, 0.05) is 18.4 Å². The maximum atomic E-state index is 5.90. The molecule has 3 rings (SSSR count). The quantitative estimate of drug-likeness (QED) is 0.667. The lowest BCUT2D eigenvalue weighted by Crippen LogP contribution is -2.19. The molecule has 0 spiro atoms. The van der Waals surface area contributed by atoms with Gasteiger partial charge in [-0.3, -0.25) is 0 Å². The predicted molar refractivity (Wildman–Crippen MR) is 94.2 cm³/mol. The second-order valence-electron chi connectivity index (χ2n) is 5.83. The summed E-state index contributed by atoms with van der Waals surface area (Å²) >= 11 is 0. The molecule has 3 nitrogen and oxygen atoms in total. The van der Waals surface area contributed by atoms with Crippen LogP contribution in [0.4, 0.5) is 0 Å². The molecule has 120 valence electrons. The van der Waals surface area contributed by atoms with Crippen molar-refractivity contribution < 1.29 is 9.15 Å². The molecule has 0 saturated carbocycles. The van der Waals surface area contributed by atoms with Gasteiger partial charge < -0.3 is 14.5 Å². The van der Waals surface area contributed by atoms with Gasteiger partial charge in [-0.25, -0.2) is 0 Å². The van der Waals surface area contributed by atoms with Crippen LogP contribution >= 0.6 is 0 Å². The molecule has 0 saturated heterocycles. The van der Waals surface area contributed by atoms with E-state index in [2.05, 4.69) is 48.6 Å². The van der Waals surface area contributed by atoms with Crippen molar-refractivity contribution in [3.05, 3.63) is 65.4 Å². The van der Waals surface area contributed by atoms with Crippen molar-refractivity contribution in [2.45, 2.75) is 19.8 Å². The molecule has 0 atom stereocenters. The van der Waals surface area contributed by atoms with Gasteiger partial charge in [0.05, 0.1) is 7.11 Å². The average molecular weight is 309 g/mol. The third-order valence-electron chi connectivity index (χ3n) is 4.04. The van der Waals surface area contributed by atoms with Crippen LogP contribution in [0.3, 0.4) is 0 Å². The molecule has 0 radical (unpaired) electrons. The number of furan rings is 1. The Morgan fingerprint density at radius 3 is 2.57 bits per heavy atom. The van der Waals surface area contributed by atoms with Crippen LogP contribution in [0, 0.1) is 6.92 Å². The van der Waals surface area contributed by atoms with E-state index in [4.69, 9.17) is 9.15 Å². The van der Waals surface area contributed by atoms with Crippen LogP contribution in [0.2, 0.25) is 0 Å². The first-order chi connectivity index (χ1) is 11.3. The Balaban J connectivity index is 1.48. The van der Waals surface area contributed by atoms with Crippen molar-refractivity contribution in [1.82, 2.24) is 5.32 Å². The van der Waals surface area contributed by atoms with Gasteiger partial charge in [-0.05, 0) is 37.6 Å². The molecule has 0 aliphatic heterocycles. The SMILES string of the molecule is COc1cccc2cc(CCNCCc3ccc(C)cc3)oc12. The number of para-hydroxylation sites is 1. The maximum absolute atomic E-state index is 5.90. The summed E-state index contributed by atoms with van der Waals surface area (Å²) in [5, 5.41) is 4.57. The highest BCUT2D eigenvalue weighted by atomic mass is 16.5. The first-order valence-electron chi connectivity index (χ1n) is 8.08. The number of benzene rings is 2. The Morgan fingerprint density at radius 2 is 1.78 bits per heavy atom. The Hall–Kier alpha value is -2.26. The molecule has 3 heteroatoms. The van der Waals surface area contributed by atoms with E-state index in [0.717, 1.165) is 48.4 Å². The average Bonchev–Trinajstić information content (AvgIpc) is 2.99. The van der Waals surface area contributed by atoms with Gasteiger partial charge in [0.15, 0.2) is 11.3 Å². The van der Waals surface area contributed by atoms with Gasteiger partial charge in [0.25, 0.3) is 0 Å². The Bertz CT molecular complexity index is 759. The molecule has 0 fully saturated rings. The highest BCUT2D eigenvalue weighted by molar-refractivity contribution is 5.83. The molecule has 3 aromatic rings. The second-order valence-corrected chi connectivity index (χ2v) is 5.83. The van der Waals surface area contributed by atoms with E-state index in [-0.39, 0.29) is 0 Å². The Kier molecular flexibility index (Phi) is 4.99. The van der Waals surface area contributed by atoms with Gasteiger partial charge in [-0.2, -0.15) is 0 Å². The molecule has 1 N–H and O–H groups in total. The summed E-state index contributed by atoms with van der Waals surface area (Å²) in [5.41, 5.74) is 3.52. The van der Waals surface area contributed by atoms with E-state index in [0.29, 0.717) is 0 Å². The summed E-state index contributed by atoms with van der Waals surface area (Å²) in [6.45, 7) is 4.00. The first-order valence-corrected chi connectivity index (χ1v) is 8.08. The molecular formula is C20H23NO2. The van der Waals surface area contributed by atoms with Crippen LogP contribution in [0.15, 0.2) is 52.9 Å². The largest absolute Gasteiger partial charge is 0.493 e. The summed E-state index contributed by atoms with van der Waals surface area (Å²) < 4.78 is 11.2. The summed E-state index contributed by atoms with van der Waals surface area (Å²) in [5.74, 6) is 1.79. The van der Waals surface area contributed by atoms with Crippen LogP contribution in [0.1, 0.15) is 16.9 Å². The topological polar surface area (TPSA) is 34.4 Å². The van der Waals surface area contributed by atoms with Crippen LogP contribution in [-0.4, -0.2) is 20.2 Å². The second kappa shape index (κ2) is 7.34. The minimum Gasteiger partial charge on any atom is -0.493 e. The number of aryl methyl sites for hydroxylation is 1. The van der Waals surface area contributed by atoms with Gasteiger partial charge in [0.2, 0.25) is 0 Å². The molecule has 2 aromatic carbocycles. The van der Waals surface area contributed by atoms with Crippen LogP contribution in [0.5, 0.6) is 5.75 Å². The lowest BCUT2D eigenvalue weighted by atomic mass is 10.1. The van der Waals surface area contributed by atoms with Crippen LogP contribution in [0.25, 0.3) is 11.0 Å². The number of methoxy groups -OCH3 is 1. The highest BCUT2D eigenvalue weighted by Crippen LogP contribution is 2.28. The van der Waals surface area contributed by atoms with E-state index in [1.54, 1.807) is 7.11 Å². The van der Waals surface area contributed by atoms with E-state index >= 15 is 0 Å². The fourth-order valence-corrected chi connectivity index (χ4v) is 2.70. The zero-order chi connectivity index (χ0) is 16.1. The van der Waals surface area contributed by atoms with Crippen molar-refractivity contribution >= 4 is 11.0 Å². The van der Waals surface area contributed by atoms with Crippen molar-refractivity contribution in [2.24, 2.45) is 0 Å². The van der Waals surface area contributed by atoms with Crippen molar-refractivity contribution in [1.29, 1.82) is 0 Å². The number of ether oxygens (including phenoxy) is 1. The Labute approximate surface area is 137 Å². The minimum atomic E-state index is 0.793. The Morgan fingerprint density at radius 1 is 1.00 bits per heavy atom. The zero-order valence-corrected chi connectivity index (χ0v) is 13.8. The molecule has 23 heavy (non-hydrogen) atoms. The summed E-state index contributed by atoms with van der Waals surface area (Å²) in [4.78, 5) is 0. The van der Waals surface area contributed by atoms with E-state index in [1.807, 2.05) is 12.1 Å². The monoisotopic (exact) mass is 309 g/mol. The van der Waals surface area contributed by atoms with Crippen LogP contribution < -0.4 is 10.1 Å². The summed E-state index contributed by atoms with van der Waals surface area (Å²) in [7, 11) is 1.67. The molecule has 1 heterocycles. The van der Waals surface area contributed by atoms with Crippen molar-refractivity contribution in [3.63, 3.8) is 0 Å². The fraction of sp³-hybridized carbons (Fsp3) is 0.300. The molecule has 0 unspecified atom stereocenters. The predicted octanol–water partition coefficient (Wildman–Crippen LogP) is 4.12.